The first-order valence-electron chi connectivity index (χ1n) is 8.12. The van der Waals surface area contributed by atoms with Gasteiger partial charge in [-0.25, -0.2) is 0 Å². The zero-order valence-corrected chi connectivity index (χ0v) is 13.0. The minimum absolute atomic E-state index is 0.389. The van der Waals surface area contributed by atoms with Crippen molar-refractivity contribution in [3.8, 4) is 5.75 Å². The Labute approximate surface area is 122 Å². The first-order valence-corrected chi connectivity index (χ1v) is 8.12. The molecule has 0 radical (unpaired) electrons. The van der Waals surface area contributed by atoms with Crippen LogP contribution in [0, 0.1) is 12.3 Å². The van der Waals surface area contributed by atoms with Gasteiger partial charge in [0.05, 0.1) is 0 Å². The topological polar surface area (TPSA) is 21.3 Å². The van der Waals surface area contributed by atoms with Crippen LogP contribution in [0.25, 0.3) is 0 Å². The number of ether oxygens (including phenoxy) is 1. The van der Waals surface area contributed by atoms with E-state index in [1.165, 1.54) is 36.8 Å². The first-order chi connectivity index (χ1) is 9.63. The Morgan fingerprint density at radius 2 is 2.20 bits per heavy atom. The number of hydrogen-bond acceptors (Lipinski definition) is 2. The predicted molar refractivity (Wildman–Crippen MR) is 83.3 cm³/mol. The number of rotatable bonds is 6. The average Bonchev–Trinajstić information content (AvgIpc) is 3.09. The van der Waals surface area contributed by atoms with E-state index in [1.807, 2.05) is 0 Å². The summed E-state index contributed by atoms with van der Waals surface area (Å²) in [5.74, 6) is 1.12. The molecule has 1 heterocycles. The molecule has 0 spiro atoms. The molecule has 0 aromatic heterocycles. The molecule has 0 bridgehead atoms. The van der Waals surface area contributed by atoms with E-state index >= 15 is 0 Å². The van der Waals surface area contributed by atoms with Crippen LogP contribution >= 0.6 is 0 Å². The Bertz CT molecular complexity index is 478. The maximum Gasteiger partial charge on any atom is 0.123 e. The van der Waals surface area contributed by atoms with E-state index in [0.29, 0.717) is 17.6 Å². The van der Waals surface area contributed by atoms with E-state index in [9.17, 15) is 0 Å². The van der Waals surface area contributed by atoms with Gasteiger partial charge >= 0.3 is 0 Å². The summed E-state index contributed by atoms with van der Waals surface area (Å²) in [4.78, 5) is 0. The zero-order chi connectivity index (χ0) is 14.2. The second-order valence-electron chi connectivity index (χ2n) is 6.80. The molecule has 0 saturated heterocycles. The van der Waals surface area contributed by atoms with Gasteiger partial charge in [-0.2, -0.15) is 0 Å². The van der Waals surface area contributed by atoms with E-state index < -0.39 is 0 Å². The molecule has 1 aromatic carbocycles. The molecule has 2 unspecified atom stereocenters. The summed E-state index contributed by atoms with van der Waals surface area (Å²) < 4.78 is 6.16. The van der Waals surface area contributed by atoms with Gasteiger partial charge in [0.15, 0.2) is 0 Å². The number of hydrogen-bond donors (Lipinski definition) is 1. The van der Waals surface area contributed by atoms with Crippen molar-refractivity contribution in [3.63, 3.8) is 0 Å². The molecule has 2 nitrogen and oxygen atoms in total. The van der Waals surface area contributed by atoms with E-state index in [1.54, 1.807) is 0 Å². The predicted octanol–water partition coefficient (Wildman–Crippen LogP) is 3.86. The zero-order valence-electron chi connectivity index (χ0n) is 13.0. The third kappa shape index (κ3) is 2.71. The first kappa shape index (κ1) is 13.9. The van der Waals surface area contributed by atoms with Gasteiger partial charge in [0.25, 0.3) is 0 Å². The van der Waals surface area contributed by atoms with E-state index in [0.717, 1.165) is 18.7 Å². The fourth-order valence-electron chi connectivity index (χ4n) is 3.57. The van der Waals surface area contributed by atoms with Gasteiger partial charge < -0.3 is 10.1 Å². The summed E-state index contributed by atoms with van der Waals surface area (Å²) in [6.45, 7) is 7.88. The smallest absolute Gasteiger partial charge is 0.123 e. The highest BCUT2D eigenvalue weighted by Crippen LogP contribution is 2.53. The van der Waals surface area contributed by atoms with Crippen LogP contribution in [0.15, 0.2) is 18.2 Å². The molecule has 110 valence electrons. The van der Waals surface area contributed by atoms with Crippen molar-refractivity contribution in [2.45, 2.75) is 65.0 Å². The van der Waals surface area contributed by atoms with Crippen molar-refractivity contribution < 1.29 is 4.74 Å². The molecule has 1 aliphatic heterocycles. The van der Waals surface area contributed by atoms with Gasteiger partial charge in [-0.1, -0.05) is 24.6 Å². The van der Waals surface area contributed by atoms with Crippen molar-refractivity contribution in [2.24, 2.45) is 5.41 Å². The summed E-state index contributed by atoms with van der Waals surface area (Å²) >= 11 is 0. The van der Waals surface area contributed by atoms with Gasteiger partial charge in [-0.3, -0.25) is 0 Å². The van der Waals surface area contributed by atoms with Gasteiger partial charge in [0.2, 0.25) is 0 Å². The molecule has 1 fully saturated rings. The lowest BCUT2D eigenvalue weighted by molar-refractivity contribution is 0.168. The summed E-state index contributed by atoms with van der Waals surface area (Å²) in [5, 5.41) is 3.68. The van der Waals surface area contributed by atoms with Gasteiger partial charge in [-0.05, 0) is 63.1 Å². The van der Waals surface area contributed by atoms with Crippen molar-refractivity contribution >= 4 is 0 Å². The molecule has 2 heteroatoms. The molecule has 3 rings (SSSR count). The SMILES string of the molecule is CCCNC(C)C1(CC2Cc3cc(C)ccc3O2)CC1. The molecule has 1 saturated carbocycles. The second kappa shape index (κ2) is 5.40. The van der Waals surface area contributed by atoms with Gasteiger partial charge in [-0.15, -0.1) is 0 Å². The Balaban J connectivity index is 1.60. The highest BCUT2D eigenvalue weighted by molar-refractivity contribution is 5.40. The Hall–Kier alpha value is -1.02. The van der Waals surface area contributed by atoms with Crippen LogP contribution in [-0.2, 0) is 6.42 Å². The molecular formula is C18H27NO. The van der Waals surface area contributed by atoms with E-state index in [2.05, 4.69) is 44.3 Å². The van der Waals surface area contributed by atoms with Crippen LogP contribution in [-0.4, -0.2) is 18.7 Å². The van der Waals surface area contributed by atoms with Crippen LogP contribution in [0.5, 0.6) is 5.75 Å². The fourth-order valence-corrected chi connectivity index (χ4v) is 3.57. The fraction of sp³-hybridized carbons (Fsp3) is 0.667. The van der Waals surface area contributed by atoms with Crippen molar-refractivity contribution in [1.82, 2.24) is 5.32 Å². The minimum atomic E-state index is 0.389. The van der Waals surface area contributed by atoms with Crippen LogP contribution in [0.3, 0.4) is 0 Å². The molecular weight excluding hydrogens is 246 g/mol. The van der Waals surface area contributed by atoms with E-state index in [4.69, 9.17) is 4.74 Å². The van der Waals surface area contributed by atoms with Crippen LogP contribution in [0.2, 0.25) is 0 Å². The van der Waals surface area contributed by atoms with Gasteiger partial charge in [0.1, 0.15) is 11.9 Å². The molecule has 2 atom stereocenters. The van der Waals surface area contributed by atoms with Crippen molar-refractivity contribution in [3.05, 3.63) is 29.3 Å². The Morgan fingerprint density at radius 1 is 1.40 bits per heavy atom. The number of aryl methyl sites for hydroxylation is 1. The lowest BCUT2D eigenvalue weighted by Crippen LogP contribution is -2.38. The molecule has 20 heavy (non-hydrogen) atoms. The third-order valence-electron chi connectivity index (χ3n) is 5.10. The Kier molecular flexibility index (Phi) is 3.76. The molecule has 2 aliphatic rings. The summed E-state index contributed by atoms with van der Waals surface area (Å²) in [7, 11) is 0. The summed E-state index contributed by atoms with van der Waals surface area (Å²) in [6, 6.07) is 7.20. The van der Waals surface area contributed by atoms with Crippen LogP contribution < -0.4 is 10.1 Å². The van der Waals surface area contributed by atoms with Crippen LogP contribution in [0.1, 0.15) is 50.7 Å². The normalized spacial score (nSPS) is 24.1. The lowest BCUT2D eigenvalue weighted by Gasteiger charge is -2.27. The minimum Gasteiger partial charge on any atom is -0.490 e. The molecule has 1 aliphatic carbocycles. The standard InChI is InChI=1S/C18H27NO/c1-4-9-19-14(3)18(7-8-18)12-16-11-15-10-13(2)5-6-17(15)20-16/h5-6,10,14,16,19H,4,7-9,11-12H2,1-3H3. The van der Waals surface area contributed by atoms with Crippen molar-refractivity contribution in [2.75, 3.05) is 6.54 Å². The second-order valence-corrected chi connectivity index (χ2v) is 6.80. The largest absolute Gasteiger partial charge is 0.490 e. The number of benzene rings is 1. The summed E-state index contributed by atoms with van der Waals surface area (Å²) in [5.41, 5.74) is 3.24. The monoisotopic (exact) mass is 273 g/mol. The highest BCUT2D eigenvalue weighted by atomic mass is 16.5. The highest BCUT2D eigenvalue weighted by Gasteiger charge is 2.49. The maximum atomic E-state index is 6.16. The quantitative estimate of drug-likeness (QED) is 0.850. The van der Waals surface area contributed by atoms with Gasteiger partial charge in [0, 0.05) is 12.5 Å². The van der Waals surface area contributed by atoms with Crippen LogP contribution in [0.4, 0.5) is 0 Å². The summed E-state index contributed by atoms with van der Waals surface area (Å²) in [6.07, 6.45) is 6.63. The molecule has 1 aromatic rings. The maximum absolute atomic E-state index is 6.16. The molecule has 1 N–H and O–H groups in total. The number of fused-ring (bicyclic) bond motifs is 1. The van der Waals surface area contributed by atoms with Crippen molar-refractivity contribution in [1.29, 1.82) is 0 Å². The lowest BCUT2D eigenvalue weighted by atomic mass is 9.89. The Morgan fingerprint density at radius 3 is 2.90 bits per heavy atom. The average molecular weight is 273 g/mol. The number of nitrogens with one attached hydrogen (secondary N) is 1. The van der Waals surface area contributed by atoms with E-state index in [-0.39, 0.29) is 0 Å². The molecule has 0 amide bonds. The third-order valence-corrected chi connectivity index (χ3v) is 5.10.